The second-order valence-electron chi connectivity index (χ2n) is 11.3. The first kappa shape index (κ1) is 20.7. The number of rotatable bonds is 1. The standard InChI is InChI=1S/C40H22/c1-3-9-25-23(7-1)19-35-31(25)15-17-33-29-13-5-11-27(37(29)21-39(33)35)28-12-6-14-30-34-18-16-32-26-10-4-2-8-24(26)20-36(32)40(34)22-38(28)30/h1-22H. The Balaban J connectivity index is 1.20. The molecular formula is C40H22. The van der Waals surface area contributed by atoms with E-state index in [0.717, 1.165) is 0 Å². The van der Waals surface area contributed by atoms with Gasteiger partial charge in [-0.1, -0.05) is 109 Å². The monoisotopic (exact) mass is 502 g/mol. The highest BCUT2D eigenvalue weighted by molar-refractivity contribution is 5.99. The van der Waals surface area contributed by atoms with E-state index in [4.69, 9.17) is 0 Å². The maximum Gasteiger partial charge on any atom is -0.00923 e. The van der Waals surface area contributed by atoms with Crippen molar-refractivity contribution in [2.24, 2.45) is 0 Å². The Morgan fingerprint density at radius 3 is 1.00 bits per heavy atom. The van der Waals surface area contributed by atoms with Gasteiger partial charge in [0.15, 0.2) is 0 Å². The largest absolute Gasteiger partial charge is 0.0616 e. The molecule has 0 heteroatoms. The lowest BCUT2D eigenvalue weighted by Crippen LogP contribution is -2.25. The van der Waals surface area contributed by atoms with Gasteiger partial charge in [0.25, 0.3) is 0 Å². The van der Waals surface area contributed by atoms with Crippen LogP contribution >= 0.6 is 0 Å². The molecule has 6 aromatic carbocycles. The van der Waals surface area contributed by atoms with Crippen molar-refractivity contribution in [2.45, 2.75) is 0 Å². The van der Waals surface area contributed by atoms with Crippen LogP contribution in [-0.4, -0.2) is 0 Å². The van der Waals surface area contributed by atoms with Crippen LogP contribution in [0.2, 0.25) is 0 Å². The van der Waals surface area contributed by atoms with Crippen LogP contribution in [0.1, 0.15) is 22.3 Å². The van der Waals surface area contributed by atoms with Crippen molar-refractivity contribution in [3.8, 4) is 55.6 Å². The highest BCUT2D eigenvalue weighted by Crippen LogP contribution is 2.41. The molecule has 4 aliphatic rings. The third kappa shape index (κ3) is 2.52. The SMILES string of the molecule is C1=c2c(ccc3c2=Cc2c(-c4cccc5c4C=c4c-5ccc5c4=Cc4ccccc4-5)cccc2-3)-c2ccccc21. The van der Waals surface area contributed by atoms with E-state index in [1.54, 1.807) is 0 Å². The summed E-state index contributed by atoms with van der Waals surface area (Å²) < 4.78 is 0. The molecule has 0 N–H and O–H groups in total. The average molecular weight is 503 g/mol. The number of hydrogen-bond acceptors (Lipinski definition) is 0. The minimum atomic E-state index is 1.31. The van der Waals surface area contributed by atoms with Gasteiger partial charge in [0.1, 0.15) is 0 Å². The summed E-state index contributed by atoms with van der Waals surface area (Å²) in [4.78, 5) is 0. The molecule has 0 atom stereocenters. The van der Waals surface area contributed by atoms with Crippen LogP contribution < -0.4 is 20.9 Å². The second kappa shape index (κ2) is 7.25. The zero-order valence-electron chi connectivity index (χ0n) is 21.7. The molecule has 0 aliphatic heterocycles. The summed E-state index contributed by atoms with van der Waals surface area (Å²) in [6.45, 7) is 0. The van der Waals surface area contributed by atoms with Gasteiger partial charge in [-0.3, -0.25) is 0 Å². The Morgan fingerprint density at radius 2 is 0.550 bits per heavy atom. The molecule has 10 rings (SSSR count). The lowest BCUT2D eigenvalue weighted by atomic mass is 9.90. The van der Waals surface area contributed by atoms with Crippen molar-refractivity contribution in [3.63, 3.8) is 0 Å². The van der Waals surface area contributed by atoms with E-state index < -0.39 is 0 Å². The molecule has 0 bridgehead atoms. The van der Waals surface area contributed by atoms with Crippen molar-refractivity contribution in [2.75, 3.05) is 0 Å². The molecule has 0 spiro atoms. The molecule has 4 aliphatic carbocycles. The number of benzene rings is 6. The molecule has 0 radical (unpaired) electrons. The van der Waals surface area contributed by atoms with Crippen LogP contribution in [0, 0.1) is 0 Å². The van der Waals surface area contributed by atoms with Gasteiger partial charge in [-0.05, 0) is 123 Å². The van der Waals surface area contributed by atoms with Crippen molar-refractivity contribution in [1.29, 1.82) is 0 Å². The van der Waals surface area contributed by atoms with Gasteiger partial charge in [0.05, 0.1) is 0 Å². The van der Waals surface area contributed by atoms with Crippen LogP contribution in [0.5, 0.6) is 0 Å². The fraction of sp³-hybridized carbons (Fsp3) is 0. The molecular weight excluding hydrogens is 480 g/mol. The zero-order valence-corrected chi connectivity index (χ0v) is 21.7. The first-order chi connectivity index (χ1) is 19.8. The van der Waals surface area contributed by atoms with Gasteiger partial charge in [0.2, 0.25) is 0 Å². The third-order valence-electron chi connectivity index (χ3n) is 9.34. The van der Waals surface area contributed by atoms with Gasteiger partial charge < -0.3 is 0 Å². The summed E-state index contributed by atoms with van der Waals surface area (Å²) in [5.41, 5.74) is 18.6. The van der Waals surface area contributed by atoms with E-state index in [9.17, 15) is 0 Å². The molecule has 40 heavy (non-hydrogen) atoms. The normalized spacial score (nSPS) is 13.3. The zero-order chi connectivity index (χ0) is 25.9. The predicted molar refractivity (Wildman–Crippen MR) is 166 cm³/mol. The molecule has 0 nitrogen and oxygen atoms in total. The van der Waals surface area contributed by atoms with E-state index in [2.05, 4.69) is 133 Å². The molecule has 0 aromatic heterocycles. The first-order valence-corrected chi connectivity index (χ1v) is 14.0. The Labute approximate surface area is 231 Å². The molecule has 0 fully saturated rings. The van der Waals surface area contributed by atoms with Crippen molar-refractivity contribution < 1.29 is 0 Å². The topological polar surface area (TPSA) is 0 Å². The predicted octanol–water partition coefficient (Wildman–Crippen LogP) is 6.59. The van der Waals surface area contributed by atoms with E-state index >= 15 is 0 Å². The van der Waals surface area contributed by atoms with Crippen LogP contribution in [-0.2, 0) is 0 Å². The second-order valence-corrected chi connectivity index (χ2v) is 11.3. The summed E-state index contributed by atoms with van der Waals surface area (Å²) in [5.74, 6) is 0. The smallest absolute Gasteiger partial charge is 0.00923 e. The van der Waals surface area contributed by atoms with Crippen LogP contribution in [0.25, 0.3) is 79.9 Å². The van der Waals surface area contributed by atoms with E-state index in [0.29, 0.717) is 0 Å². The minimum Gasteiger partial charge on any atom is -0.0616 e. The first-order valence-electron chi connectivity index (χ1n) is 14.0. The Morgan fingerprint density at radius 1 is 0.225 bits per heavy atom. The fourth-order valence-corrected chi connectivity index (χ4v) is 7.55. The molecule has 0 saturated carbocycles. The highest BCUT2D eigenvalue weighted by atomic mass is 14.3. The van der Waals surface area contributed by atoms with Crippen molar-refractivity contribution >= 4 is 24.3 Å². The lowest BCUT2D eigenvalue weighted by molar-refractivity contribution is 1.54. The minimum absolute atomic E-state index is 1.31. The third-order valence-corrected chi connectivity index (χ3v) is 9.34. The van der Waals surface area contributed by atoms with E-state index in [-0.39, 0.29) is 0 Å². The molecule has 0 saturated heterocycles. The summed E-state index contributed by atoms with van der Waals surface area (Å²) in [6, 6.07) is 40.4. The summed E-state index contributed by atoms with van der Waals surface area (Å²) in [6.07, 6.45) is 9.60. The maximum atomic E-state index is 2.44. The van der Waals surface area contributed by atoms with Crippen molar-refractivity contribution in [1.82, 2.24) is 0 Å². The molecule has 6 aromatic rings. The number of fused-ring (bicyclic) bond motifs is 14. The maximum absolute atomic E-state index is 2.44. The Hall–Kier alpha value is -5.20. The van der Waals surface area contributed by atoms with Crippen LogP contribution in [0.15, 0.2) is 109 Å². The summed E-state index contributed by atoms with van der Waals surface area (Å²) >= 11 is 0. The summed E-state index contributed by atoms with van der Waals surface area (Å²) in [5, 5.41) is 5.40. The van der Waals surface area contributed by atoms with Gasteiger partial charge in [-0.2, -0.15) is 0 Å². The van der Waals surface area contributed by atoms with Crippen molar-refractivity contribution in [3.05, 3.63) is 152 Å². The fourth-order valence-electron chi connectivity index (χ4n) is 7.55. The van der Waals surface area contributed by atoms with Gasteiger partial charge in [-0.15, -0.1) is 0 Å². The molecule has 0 heterocycles. The Kier molecular flexibility index (Phi) is 3.76. The molecule has 0 amide bonds. The van der Waals surface area contributed by atoms with Gasteiger partial charge in [-0.25, -0.2) is 0 Å². The highest BCUT2D eigenvalue weighted by Gasteiger charge is 2.24. The summed E-state index contributed by atoms with van der Waals surface area (Å²) in [7, 11) is 0. The van der Waals surface area contributed by atoms with Crippen LogP contribution in [0.3, 0.4) is 0 Å². The van der Waals surface area contributed by atoms with Gasteiger partial charge >= 0.3 is 0 Å². The lowest BCUT2D eigenvalue weighted by Gasteiger charge is -2.13. The van der Waals surface area contributed by atoms with Gasteiger partial charge in [0, 0.05) is 0 Å². The quantitative estimate of drug-likeness (QED) is 0.238. The van der Waals surface area contributed by atoms with E-state index in [1.165, 1.54) is 98.8 Å². The molecule has 182 valence electrons. The Bertz CT molecular complexity index is 2240. The van der Waals surface area contributed by atoms with E-state index in [1.807, 2.05) is 0 Å². The number of hydrogen-bond donors (Lipinski definition) is 0. The molecule has 0 unspecified atom stereocenters. The average Bonchev–Trinajstić information content (AvgIpc) is 3.76. The van der Waals surface area contributed by atoms with Crippen LogP contribution in [0.4, 0.5) is 0 Å².